The number of rotatable bonds is 3. The van der Waals surface area contributed by atoms with Gasteiger partial charge in [0.25, 0.3) is 0 Å². The SMILES string of the molecule is Cc1ccc(NC(=O)N(C)CC2(O)CCCC2)cc1Cl. The van der Waals surface area contributed by atoms with Crippen LogP contribution in [-0.4, -0.2) is 35.2 Å². The van der Waals surface area contributed by atoms with Gasteiger partial charge in [-0.1, -0.05) is 30.5 Å². The van der Waals surface area contributed by atoms with Crippen molar-refractivity contribution in [1.82, 2.24) is 4.90 Å². The van der Waals surface area contributed by atoms with Gasteiger partial charge in [-0.25, -0.2) is 4.79 Å². The van der Waals surface area contributed by atoms with E-state index in [-0.39, 0.29) is 6.03 Å². The van der Waals surface area contributed by atoms with Crippen LogP contribution in [0.5, 0.6) is 0 Å². The van der Waals surface area contributed by atoms with Crippen molar-refractivity contribution in [3.8, 4) is 0 Å². The van der Waals surface area contributed by atoms with Gasteiger partial charge in [-0.05, 0) is 37.5 Å². The Balaban J connectivity index is 1.95. The molecule has 0 unspecified atom stereocenters. The summed E-state index contributed by atoms with van der Waals surface area (Å²) in [5.41, 5.74) is 0.908. The third-order valence-corrected chi connectivity index (χ3v) is 4.24. The summed E-state index contributed by atoms with van der Waals surface area (Å²) in [7, 11) is 1.70. The Morgan fingerprint density at radius 2 is 2.10 bits per heavy atom. The number of hydrogen-bond acceptors (Lipinski definition) is 2. The van der Waals surface area contributed by atoms with E-state index in [1.807, 2.05) is 19.1 Å². The summed E-state index contributed by atoms with van der Waals surface area (Å²) in [5, 5.41) is 13.7. The van der Waals surface area contributed by atoms with E-state index in [0.717, 1.165) is 31.2 Å². The van der Waals surface area contributed by atoms with Crippen LogP contribution in [0.15, 0.2) is 18.2 Å². The number of carbonyl (C=O) groups excluding carboxylic acids is 1. The summed E-state index contributed by atoms with van der Waals surface area (Å²) in [5.74, 6) is 0. The molecule has 1 aromatic rings. The zero-order valence-electron chi connectivity index (χ0n) is 11.9. The molecular weight excluding hydrogens is 276 g/mol. The van der Waals surface area contributed by atoms with Crippen molar-refractivity contribution in [2.75, 3.05) is 18.9 Å². The van der Waals surface area contributed by atoms with Crippen molar-refractivity contribution >= 4 is 23.3 Å². The van der Waals surface area contributed by atoms with E-state index in [1.54, 1.807) is 13.1 Å². The minimum absolute atomic E-state index is 0.231. The summed E-state index contributed by atoms with van der Waals surface area (Å²) in [6.45, 7) is 2.27. The van der Waals surface area contributed by atoms with Gasteiger partial charge in [-0.15, -0.1) is 0 Å². The molecule has 4 nitrogen and oxygen atoms in total. The van der Waals surface area contributed by atoms with E-state index in [0.29, 0.717) is 17.3 Å². The lowest BCUT2D eigenvalue weighted by Crippen LogP contribution is -2.43. The molecule has 0 spiro atoms. The highest BCUT2D eigenvalue weighted by molar-refractivity contribution is 6.31. The van der Waals surface area contributed by atoms with E-state index in [4.69, 9.17) is 11.6 Å². The third-order valence-electron chi connectivity index (χ3n) is 3.84. The van der Waals surface area contributed by atoms with Gasteiger partial charge in [0, 0.05) is 17.8 Å². The lowest BCUT2D eigenvalue weighted by Gasteiger charge is -2.28. The summed E-state index contributed by atoms with van der Waals surface area (Å²) < 4.78 is 0. The van der Waals surface area contributed by atoms with Gasteiger partial charge in [0.1, 0.15) is 0 Å². The second-order valence-corrected chi connectivity index (χ2v) is 6.09. The molecule has 20 heavy (non-hydrogen) atoms. The first-order chi connectivity index (χ1) is 9.39. The largest absolute Gasteiger partial charge is 0.388 e. The van der Waals surface area contributed by atoms with E-state index in [9.17, 15) is 9.90 Å². The first-order valence-corrected chi connectivity index (χ1v) is 7.28. The summed E-state index contributed by atoms with van der Waals surface area (Å²) in [4.78, 5) is 13.6. The fourth-order valence-electron chi connectivity index (χ4n) is 2.59. The standard InChI is InChI=1S/C15H21ClN2O2/c1-11-5-6-12(9-13(11)16)17-14(19)18(2)10-15(20)7-3-4-8-15/h5-6,9,20H,3-4,7-8,10H2,1-2H3,(H,17,19). The van der Waals surface area contributed by atoms with Crippen LogP contribution in [0, 0.1) is 6.92 Å². The Morgan fingerprint density at radius 1 is 1.45 bits per heavy atom. The molecule has 0 aliphatic heterocycles. The van der Waals surface area contributed by atoms with Crippen LogP contribution in [-0.2, 0) is 0 Å². The number of likely N-dealkylation sites (N-methyl/N-ethyl adjacent to an activating group) is 1. The van der Waals surface area contributed by atoms with Crippen LogP contribution >= 0.6 is 11.6 Å². The molecule has 2 N–H and O–H groups in total. The van der Waals surface area contributed by atoms with Gasteiger partial charge >= 0.3 is 6.03 Å². The Kier molecular flexibility index (Phi) is 4.55. The molecule has 1 aromatic carbocycles. The maximum atomic E-state index is 12.1. The highest BCUT2D eigenvalue weighted by Crippen LogP contribution is 2.30. The second kappa shape index (κ2) is 6.02. The highest BCUT2D eigenvalue weighted by atomic mass is 35.5. The highest BCUT2D eigenvalue weighted by Gasteiger charge is 2.33. The molecule has 0 bridgehead atoms. The molecular formula is C15H21ClN2O2. The molecule has 0 heterocycles. The molecule has 2 amide bonds. The van der Waals surface area contributed by atoms with Crippen LogP contribution in [0.4, 0.5) is 10.5 Å². The molecule has 5 heteroatoms. The number of benzene rings is 1. The van der Waals surface area contributed by atoms with Crippen molar-refractivity contribution in [2.45, 2.75) is 38.2 Å². The number of hydrogen-bond donors (Lipinski definition) is 2. The normalized spacial score (nSPS) is 17.0. The summed E-state index contributed by atoms with van der Waals surface area (Å²) >= 11 is 6.03. The molecule has 1 aliphatic carbocycles. The number of nitrogens with zero attached hydrogens (tertiary/aromatic N) is 1. The number of aliphatic hydroxyl groups is 1. The van der Waals surface area contributed by atoms with Crippen molar-refractivity contribution < 1.29 is 9.90 Å². The number of carbonyl (C=O) groups is 1. The lowest BCUT2D eigenvalue weighted by molar-refractivity contribution is 0.0262. The minimum atomic E-state index is -0.725. The molecule has 1 saturated carbocycles. The van der Waals surface area contributed by atoms with E-state index in [2.05, 4.69) is 5.32 Å². The molecule has 1 fully saturated rings. The van der Waals surface area contributed by atoms with Crippen LogP contribution in [0.2, 0.25) is 5.02 Å². The Labute approximate surface area is 124 Å². The van der Waals surface area contributed by atoms with Crippen molar-refractivity contribution in [1.29, 1.82) is 0 Å². The Hall–Kier alpha value is -1.26. The monoisotopic (exact) mass is 296 g/mol. The van der Waals surface area contributed by atoms with Crippen molar-refractivity contribution in [2.24, 2.45) is 0 Å². The third kappa shape index (κ3) is 3.64. The van der Waals surface area contributed by atoms with Crippen molar-refractivity contribution in [3.63, 3.8) is 0 Å². The van der Waals surface area contributed by atoms with Gasteiger partial charge < -0.3 is 15.3 Å². The van der Waals surface area contributed by atoms with Crippen LogP contribution in [0.25, 0.3) is 0 Å². The Morgan fingerprint density at radius 3 is 2.70 bits per heavy atom. The maximum absolute atomic E-state index is 12.1. The fraction of sp³-hybridized carbons (Fsp3) is 0.533. The van der Waals surface area contributed by atoms with Gasteiger partial charge in [-0.3, -0.25) is 0 Å². The zero-order chi connectivity index (χ0) is 14.8. The molecule has 0 radical (unpaired) electrons. The smallest absolute Gasteiger partial charge is 0.321 e. The molecule has 2 rings (SSSR count). The van der Waals surface area contributed by atoms with Crippen LogP contribution < -0.4 is 5.32 Å². The lowest BCUT2D eigenvalue weighted by atomic mass is 10.0. The van der Waals surface area contributed by atoms with E-state index in [1.165, 1.54) is 4.90 Å². The van der Waals surface area contributed by atoms with Gasteiger partial charge in [0.15, 0.2) is 0 Å². The zero-order valence-corrected chi connectivity index (χ0v) is 12.7. The number of anilines is 1. The molecule has 0 saturated heterocycles. The molecule has 0 atom stereocenters. The average molecular weight is 297 g/mol. The predicted octanol–water partition coefficient (Wildman–Crippen LogP) is 3.42. The molecule has 110 valence electrons. The summed E-state index contributed by atoms with van der Waals surface area (Å²) in [6, 6.07) is 5.18. The van der Waals surface area contributed by atoms with E-state index >= 15 is 0 Å². The van der Waals surface area contributed by atoms with Crippen LogP contribution in [0.1, 0.15) is 31.2 Å². The molecule has 0 aromatic heterocycles. The quantitative estimate of drug-likeness (QED) is 0.898. The number of halogens is 1. The van der Waals surface area contributed by atoms with E-state index < -0.39 is 5.60 Å². The van der Waals surface area contributed by atoms with Crippen LogP contribution in [0.3, 0.4) is 0 Å². The fourth-order valence-corrected chi connectivity index (χ4v) is 2.77. The first-order valence-electron chi connectivity index (χ1n) is 6.90. The topological polar surface area (TPSA) is 52.6 Å². The van der Waals surface area contributed by atoms with Gasteiger partial charge in [0.05, 0.1) is 12.1 Å². The number of amides is 2. The van der Waals surface area contributed by atoms with Crippen molar-refractivity contribution in [3.05, 3.63) is 28.8 Å². The summed E-state index contributed by atoms with van der Waals surface area (Å²) in [6.07, 6.45) is 3.58. The number of nitrogens with one attached hydrogen (secondary N) is 1. The minimum Gasteiger partial charge on any atom is -0.388 e. The maximum Gasteiger partial charge on any atom is 0.321 e. The van der Waals surface area contributed by atoms with Gasteiger partial charge in [0.2, 0.25) is 0 Å². The molecule has 1 aliphatic rings. The first kappa shape index (κ1) is 15.1. The Bertz CT molecular complexity index is 499. The average Bonchev–Trinajstić information content (AvgIpc) is 2.80. The second-order valence-electron chi connectivity index (χ2n) is 5.68. The predicted molar refractivity (Wildman–Crippen MR) is 81.3 cm³/mol. The van der Waals surface area contributed by atoms with Gasteiger partial charge in [-0.2, -0.15) is 0 Å². The number of urea groups is 1. The number of aryl methyl sites for hydroxylation is 1.